The van der Waals surface area contributed by atoms with Crippen LogP contribution in [0.4, 0.5) is 4.79 Å². The number of β-lactam (4-membered cyclic amide) rings is 1. The van der Waals surface area contributed by atoms with Crippen LogP contribution in [0.5, 0.6) is 5.88 Å². The quantitative estimate of drug-likeness (QED) is 0.195. The Bertz CT molecular complexity index is 1150. The molecule has 2 atom stereocenters. The number of carboxylic acid groups (broad SMARTS) is 1. The Hall–Kier alpha value is -3.31. The van der Waals surface area contributed by atoms with Crippen molar-refractivity contribution in [1.29, 1.82) is 0 Å². The highest BCUT2D eigenvalue weighted by Crippen LogP contribution is 2.46. The Morgan fingerprint density at radius 2 is 2.15 bits per heavy atom. The maximum atomic E-state index is 12.9. The third kappa shape index (κ3) is 4.88. The Kier molecular flexibility index (Phi) is 6.57. The number of carbonyl (C=O) groups excluding carboxylic acids is 3. The molecule has 1 aromatic rings. The van der Waals surface area contributed by atoms with E-state index in [1.807, 2.05) is 0 Å². The fraction of sp³-hybridized carbons (Fsp3) is 0.438. The fourth-order valence-electron chi connectivity index (χ4n) is 3.19. The van der Waals surface area contributed by atoms with E-state index in [0.717, 1.165) is 29.0 Å². The van der Waals surface area contributed by atoms with Crippen molar-refractivity contribution in [2.45, 2.75) is 17.5 Å². The first kappa shape index (κ1) is 24.3. The van der Waals surface area contributed by atoms with Crippen molar-refractivity contribution in [3.05, 3.63) is 23.1 Å². The Morgan fingerprint density at radius 3 is 2.73 bits per heavy atom. The zero-order chi connectivity index (χ0) is 24.6. The second kappa shape index (κ2) is 8.91. The largest absolute Gasteiger partial charge is 0.477 e. The number of nitrogens with one attached hydrogen (secondary N) is 1. The lowest BCUT2D eigenvalue weighted by atomic mass is 9.98. The highest BCUT2D eigenvalue weighted by Gasteiger charge is 2.66. The number of aromatic nitrogens is 1. The number of rotatable bonds is 9. The molecule has 2 aliphatic rings. The number of amides is 3. The van der Waals surface area contributed by atoms with E-state index in [2.05, 4.69) is 19.4 Å². The molecule has 2 aliphatic heterocycles. The predicted octanol–water partition coefficient (Wildman–Crippen LogP) is -1.64. The number of hydrogen-bond acceptors (Lipinski definition) is 12. The molecule has 1 aromatic heterocycles. The number of aliphatic carboxylic acids is 1. The fourth-order valence-corrected chi connectivity index (χ4v) is 5.00. The number of carbonyl (C=O) groups is 4. The molecule has 0 spiro atoms. The summed E-state index contributed by atoms with van der Waals surface area (Å²) in [6, 6.07) is 1.08. The zero-order valence-electron chi connectivity index (χ0n) is 17.1. The molecule has 33 heavy (non-hydrogen) atoms. The molecule has 0 bridgehead atoms. The van der Waals surface area contributed by atoms with Crippen molar-refractivity contribution in [3.8, 4) is 5.88 Å². The van der Waals surface area contributed by atoms with Crippen LogP contribution in [0.2, 0.25) is 0 Å². The van der Waals surface area contributed by atoms with Gasteiger partial charge >= 0.3 is 22.2 Å². The van der Waals surface area contributed by atoms with E-state index in [4.69, 9.17) is 15.0 Å². The lowest BCUT2D eigenvalue weighted by Gasteiger charge is -2.55. The Labute approximate surface area is 190 Å². The smallest absolute Gasteiger partial charge is 0.404 e. The average molecular weight is 506 g/mol. The van der Waals surface area contributed by atoms with Gasteiger partial charge in [0.05, 0.1) is 12.7 Å². The van der Waals surface area contributed by atoms with E-state index in [0.29, 0.717) is 0 Å². The predicted molar refractivity (Wildman–Crippen MR) is 107 cm³/mol. The average Bonchev–Trinajstić information content (AvgIpc) is 3.13. The molecule has 0 aliphatic carbocycles. The number of hydrogen-bond donors (Lipinski definition) is 3. The summed E-state index contributed by atoms with van der Waals surface area (Å²) in [6.45, 7) is -0.420. The molecule has 0 unspecified atom stereocenters. The minimum absolute atomic E-state index is 0.0542. The highest BCUT2D eigenvalue weighted by atomic mass is 32.2. The van der Waals surface area contributed by atoms with Gasteiger partial charge in [0, 0.05) is 24.5 Å². The van der Waals surface area contributed by atoms with Crippen LogP contribution < -0.4 is 15.2 Å². The molecule has 4 N–H and O–H groups in total. The second-order valence-electron chi connectivity index (χ2n) is 6.79. The number of methoxy groups -OCH3 is 1. The van der Waals surface area contributed by atoms with E-state index in [1.165, 1.54) is 7.11 Å². The Balaban J connectivity index is 1.75. The van der Waals surface area contributed by atoms with Crippen LogP contribution in [0.15, 0.2) is 21.9 Å². The van der Waals surface area contributed by atoms with E-state index < -0.39 is 63.8 Å². The number of ether oxygens (including phenoxy) is 2. The van der Waals surface area contributed by atoms with Crippen molar-refractivity contribution in [2.75, 3.05) is 25.7 Å². The number of nitrogens with zero attached hydrogens (tertiary/aromatic N) is 2. The molecule has 3 heterocycles. The van der Waals surface area contributed by atoms with Crippen molar-refractivity contribution >= 4 is 45.8 Å². The monoisotopic (exact) mass is 506 g/mol. The van der Waals surface area contributed by atoms with Crippen molar-refractivity contribution in [3.63, 3.8) is 0 Å². The minimum Gasteiger partial charge on any atom is -0.477 e. The van der Waals surface area contributed by atoms with Crippen LogP contribution >= 0.6 is 11.8 Å². The number of thioether (sulfide) groups is 1. The van der Waals surface area contributed by atoms with Gasteiger partial charge in [0.2, 0.25) is 5.91 Å². The van der Waals surface area contributed by atoms with Gasteiger partial charge in [0.1, 0.15) is 23.4 Å². The summed E-state index contributed by atoms with van der Waals surface area (Å²) in [5, 5.41) is 14.4. The van der Waals surface area contributed by atoms with Crippen LogP contribution in [0.3, 0.4) is 0 Å². The molecular formula is C16H18N4O11S2. The summed E-state index contributed by atoms with van der Waals surface area (Å²) < 4.78 is 41.6. The molecule has 15 nitrogen and oxygen atoms in total. The van der Waals surface area contributed by atoms with E-state index in [9.17, 15) is 32.7 Å². The molecule has 3 amide bonds. The SMILES string of the molecule is CO[C@@]1(NC(=O)Cc2cc(OS(C)(=O)=O)no2)C(=O)N2C(C(=O)O)=C(COC(N)=O)CS[C@@H]21. The maximum Gasteiger partial charge on any atom is 0.404 e. The summed E-state index contributed by atoms with van der Waals surface area (Å²) in [7, 11) is -2.68. The summed E-state index contributed by atoms with van der Waals surface area (Å²) in [5.41, 5.74) is 2.79. The van der Waals surface area contributed by atoms with Crippen LogP contribution in [0, 0.1) is 0 Å². The van der Waals surface area contributed by atoms with Crippen molar-refractivity contribution in [1.82, 2.24) is 15.4 Å². The first-order chi connectivity index (χ1) is 15.4. The van der Waals surface area contributed by atoms with Crippen molar-refractivity contribution in [2.24, 2.45) is 5.73 Å². The molecule has 1 fully saturated rings. The third-order valence-corrected chi connectivity index (χ3v) is 6.30. The van der Waals surface area contributed by atoms with Gasteiger partial charge in [-0.2, -0.15) is 8.42 Å². The highest BCUT2D eigenvalue weighted by molar-refractivity contribution is 8.00. The van der Waals surface area contributed by atoms with Crippen molar-refractivity contribution < 1.29 is 50.9 Å². The summed E-state index contributed by atoms with van der Waals surface area (Å²) in [4.78, 5) is 49.0. The summed E-state index contributed by atoms with van der Waals surface area (Å²) in [6.07, 6.45) is -0.752. The van der Waals surface area contributed by atoms with Gasteiger partial charge < -0.3 is 34.3 Å². The first-order valence-electron chi connectivity index (χ1n) is 8.92. The molecule has 3 rings (SSSR count). The lowest BCUT2D eigenvalue weighted by molar-refractivity contribution is -0.192. The number of carboxylic acids is 1. The third-order valence-electron chi connectivity index (χ3n) is 4.46. The van der Waals surface area contributed by atoms with Gasteiger partial charge in [-0.05, 0) is 5.16 Å². The second-order valence-corrected chi connectivity index (χ2v) is 9.43. The van der Waals surface area contributed by atoms with E-state index >= 15 is 0 Å². The first-order valence-corrected chi connectivity index (χ1v) is 11.8. The van der Waals surface area contributed by atoms with Gasteiger partial charge in [0.25, 0.3) is 17.5 Å². The number of primary amides is 1. The summed E-state index contributed by atoms with van der Waals surface area (Å²) in [5.74, 6) is -3.43. The molecular weight excluding hydrogens is 488 g/mol. The molecule has 0 radical (unpaired) electrons. The summed E-state index contributed by atoms with van der Waals surface area (Å²) >= 11 is 1.08. The van der Waals surface area contributed by atoms with Gasteiger partial charge in [-0.3, -0.25) is 14.5 Å². The molecule has 0 aromatic carbocycles. The topological polar surface area (TPSA) is 218 Å². The molecule has 1 saturated heterocycles. The minimum atomic E-state index is -3.85. The van der Waals surface area contributed by atoms with Gasteiger partial charge in [0.15, 0.2) is 0 Å². The Morgan fingerprint density at radius 1 is 1.45 bits per heavy atom. The standard InChI is InChI=1S/C16H18N4O11S2/c1-28-16(18-9(21)3-8-4-10(19-30-8)31-33(2,26)27)13(24)20-11(12(22)23)7(5-29-15(17)25)6-32-14(16)20/h4,14H,3,5-6H2,1-2H3,(H2,17,25)(H,18,21)(H,22,23)/t14-,16+/m1/s1. The van der Waals surface area contributed by atoms with Crippen LogP contribution in [-0.2, 0) is 40.4 Å². The number of fused-ring (bicyclic) bond motifs is 1. The molecule has 17 heteroatoms. The zero-order valence-corrected chi connectivity index (χ0v) is 18.7. The van der Waals surface area contributed by atoms with Gasteiger partial charge in [-0.15, -0.1) is 11.8 Å². The van der Waals surface area contributed by atoms with Gasteiger partial charge in [-0.25, -0.2) is 9.59 Å². The van der Waals surface area contributed by atoms with E-state index in [-0.39, 0.29) is 23.0 Å². The normalized spacial score (nSPS) is 22.3. The molecule has 180 valence electrons. The van der Waals surface area contributed by atoms with Crippen LogP contribution in [0.25, 0.3) is 0 Å². The lowest BCUT2D eigenvalue weighted by Crippen LogP contribution is -2.80. The maximum absolute atomic E-state index is 12.9. The van der Waals surface area contributed by atoms with Gasteiger partial charge in [-0.1, -0.05) is 0 Å². The van der Waals surface area contributed by atoms with Crippen LogP contribution in [-0.4, -0.2) is 84.3 Å². The molecule has 0 saturated carbocycles. The van der Waals surface area contributed by atoms with Crippen LogP contribution in [0.1, 0.15) is 5.76 Å². The number of nitrogens with two attached hydrogens (primary N) is 1. The van der Waals surface area contributed by atoms with E-state index in [1.54, 1.807) is 0 Å².